The fourth-order valence-electron chi connectivity index (χ4n) is 3.22. The molecule has 0 radical (unpaired) electrons. The van der Waals surface area contributed by atoms with E-state index in [1.165, 1.54) is 0 Å². The second kappa shape index (κ2) is 5.47. The average molecular weight is 253 g/mol. The summed E-state index contributed by atoms with van der Waals surface area (Å²) in [6.45, 7) is 11.7. The maximum Gasteiger partial charge on any atom is 0.320 e. The van der Waals surface area contributed by atoms with Gasteiger partial charge in [-0.15, -0.1) is 0 Å². The van der Waals surface area contributed by atoms with Crippen molar-refractivity contribution in [3.8, 4) is 0 Å². The predicted octanol–water partition coefficient (Wildman–Crippen LogP) is 1.91. The van der Waals surface area contributed by atoms with Gasteiger partial charge < -0.3 is 15.1 Å². The van der Waals surface area contributed by atoms with Gasteiger partial charge in [0.1, 0.15) is 0 Å². The van der Waals surface area contributed by atoms with Crippen molar-refractivity contribution in [2.24, 2.45) is 5.92 Å². The summed E-state index contributed by atoms with van der Waals surface area (Å²) in [7, 11) is 0. The van der Waals surface area contributed by atoms with Gasteiger partial charge >= 0.3 is 6.03 Å². The summed E-state index contributed by atoms with van der Waals surface area (Å²) in [5.41, 5.74) is 0. The van der Waals surface area contributed by atoms with Crippen LogP contribution in [0.5, 0.6) is 0 Å². The van der Waals surface area contributed by atoms with E-state index >= 15 is 0 Å². The van der Waals surface area contributed by atoms with Crippen LogP contribution in [-0.2, 0) is 0 Å². The van der Waals surface area contributed by atoms with E-state index in [1.54, 1.807) is 0 Å². The summed E-state index contributed by atoms with van der Waals surface area (Å²) < 4.78 is 0. The molecule has 0 bridgehead atoms. The second-order valence-electron chi connectivity index (χ2n) is 6.23. The van der Waals surface area contributed by atoms with E-state index in [9.17, 15) is 4.79 Å². The Hall–Kier alpha value is -0.770. The number of hydrogen-bond donors (Lipinski definition) is 1. The molecule has 1 N–H and O–H groups in total. The van der Waals surface area contributed by atoms with Crippen LogP contribution in [0.3, 0.4) is 0 Å². The molecule has 18 heavy (non-hydrogen) atoms. The standard InChI is InChI=1S/C14H27N3O/c1-10(2)13-9-16(12-5-7-15-8-6-12)14(18)17(13)11(3)4/h10-13,15H,5-9H2,1-4H3. The molecule has 1 atom stereocenters. The largest absolute Gasteiger partial charge is 0.320 e. The van der Waals surface area contributed by atoms with Crippen LogP contribution in [0.4, 0.5) is 4.79 Å². The smallest absolute Gasteiger partial charge is 0.319 e. The lowest BCUT2D eigenvalue weighted by Gasteiger charge is -2.32. The van der Waals surface area contributed by atoms with Gasteiger partial charge in [0, 0.05) is 18.6 Å². The Labute approximate surface area is 111 Å². The van der Waals surface area contributed by atoms with Crippen LogP contribution in [0.2, 0.25) is 0 Å². The van der Waals surface area contributed by atoms with Gasteiger partial charge in [-0.05, 0) is 45.7 Å². The van der Waals surface area contributed by atoms with Gasteiger partial charge in [0.2, 0.25) is 0 Å². The van der Waals surface area contributed by atoms with Crippen LogP contribution in [-0.4, -0.2) is 53.6 Å². The lowest BCUT2D eigenvalue weighted by atomic mass is 10.0. The predicted molar refractivity (Wildman–Crippen MR) is 73.6 cm³/mol. The molecule has 0 saturated carbocycles. The molecule has 0 spiro atoms. The molecule has 2 aliphatic rings. The Morgan fingerprint density at radius 2 is 1.78 bits per heavy atom. The van der Waals surface area contributed by atoms with Crippen molar-refractivity contribution in [2.75, 3.05) is 19.6 Å². The zero-order chi connectivity index (χ0) is 13.3. The molecule has 0 aromatic heterocycles. The van der Waals surface area contributed by atoms with E-state index in [0.29, 0.717) is 24.0 Å². The van der Waals surface area contributed by atoms with Crippen LogP contribution in [0.25, 0.3) is 0 Å². The van der Waals surface area contributed by atoms with Crippen molar-refractivity contribution < 1.29 is 4.79 Å². The van der Waals surface area contributed by atoms with Gasteiger partial charge in [0.25, 0.3) is 0 Å². The number of carbonyl (C=O) groups is 1. The number of carbonyl (C=O) groups excluding carboxylic acids is 1. The fourth-order valence-corrected chi connectivity index (χ4v) is 3.22. The third-order valence-corrected chi connectivity index (χ3v) is 4.28. The molecule has 4 nitrogen and oxygen atoms in total. The van der Waals surface area contributed by atoms with Crippen molar-refractivity contribution in [1.82, 2.24) is 15.1 Å². The van der Waals surface area contributed by atoms with Crippen molar-refractivity contribution in [3.63, 3.8) is 0 Å². The van der Waals surface area contributed by atoms with Gasteiger partial charge in [-0.2, -0.15) is 0 Å². The molecule has 2 amide bonds. The molecule has 0 aromatic rings. The van der Waals surface area contributed by atoms with Gasteiger partial charge in [-0.25, -0.2) is 4.79 Å². The van der Waals surface area contributed by atoms with Crippen molar-refractivity contribution >= 4 is 6.03 Å². The molecule has 2 fully saturated rings. The Morgan fingerprint density at radius 3 is 2.22 bits per heavy atom. The first kappa shape index (κ1) is 13.7. The molecule has 1 unspecified atom stereocenters. The molecular formula is C14H27N3O. The second-order valence-corrected chi connectivity index (χ2v) is 6.23. The minimum absolute atomic E-state index is 0.260. The van der Waals surface area contributed by atoms with E-state index < -0.39 is 0 Å². The van der Waals surface area contributed by atoms with Crippen LogP contribution in [0.15, 0.2) is 0 Å². The van der Waals surface area contributed by atoms with E-state index in [1.807, 2.05) is 0 Å². The maximum atomic E-state index is 12.6. The average Bonchev–Trinajstić information content (AvgIpc) is 2.68. The Bertz CT molecular complexity index is 297. The molecule has 2 heterocycles. The quantitative estimate of drug-likeness (QED) is 0.834. The number of hydrogen-bond acceptors (Lipinski definition) is 2. The third-order valence-electron chi connectivity index (χ3n) is 4.28. The first-order valence-electron chi connectivity index (χ1n) is 7.32. The van der Waals surface area contributed by atoms with E-state index in [-0.39, 0.29) is 6.03 Å². The first-order valence-corrected chi connectivity index (χ1v) is 7.32. The van der Waals surface area contributed by atoms with Gasteiger partial charge in [0.15, 0.2) is 0 Å². The fraction of sp³-hybridized carbons (Fsp3) is 0.929. The minimum Gasteiger partial charge on any atom is -0.319 e. The molecule has 2 aliphatic heterocycles. The highest BCUT2D eigenvalue weighted by Gasteiger charge is 2.42. The number of urea groups is 1. The lowest BCUT2D eigenvalue weighted by Crippen LogP contribution is -2.46. The number of amides is 2. The summed E-state index contributed by atoms with van der Waals surface area (Å²) >= 11 is 0. The van der Waals surface area contributed by atoms with Gasteiger partial charge in [-0.1, -0.05) is 13.8 Å². The highest BCUT2D eigenvalue weighted by molar-refractivity contribution is 5.78. The lowest BCUT2D eigenvalue weighted by molar-refractivity contribution is 0.152. The van der Waals surface area contributed by atoms with E-state index in [0.717, 1.165) is 32.5 Å². The summed E-state index contributed by atoms with van der Waals surface area (Å²) in [6, 6.07) is 1.39. The molecular weight excluding hydrogens is 226 g/mol. The Kier molecular flexibility index (Phi) is 4.15. The van der Waals surface area contributed by atoms with E-state index in [2.05, 4.69) is 42.8 Å². The molecule has 0 aromatic carbocycles. The first-order chi connectivity index (χ1) is 8.52. The monoisotopic (exact) mass is 253 g/mol. The normalized spacial score (nSPS) is 26.8. The van der Waals surface area contributed by atoms with Crippen LogP contribution in [0, 0.1) is 5.92 Å². The summed E-state index contributed by atoms with van der Waals surface area (Å²) in [5.74, 6) is 0.531. The summed E-state index contributed by atoms with van der Waals surface area (Å²) in [5, 5.41) is 3.37. The van der Waals surface area contributed by atoms with Crippen LogP contribution >= 0.6 is 0 Å². The molecule has 4 heteroatoms. The highest BCUT2D eigenvalue weighted by Crippen LogP contribution is 2.28. The molecule has 0 aliphatic carbocycles. The Balaban J connectivity index is 2.11. The SMILES string of the molecule is CC(C)C1CN(C2CCNCC2)C(=O)N1C(C)C. The molecule has 2 saturated heterocycles. The zero-order valence-corrected chi connectivity index (χ0v) is 12.1. The van der Waals surface area contributed by atoms with Crippen molar-refractivity contribution in [1.29, 1.82) is 0 Å². The number of rotatable bonds is 3. The number of piperidine rings is 1. The topological polar surface area (TPSA) is 35.6 Å². The molecule has 104 valence electrons. The highest BCUT2D eigenvalue weighted by atomic mass is 16.2. The summed E-state index contributed by atoms with van der Waals surface area (Å²) in [6.07, 6.45) is 2.20. The van der Waals surface area contributed by atoms with Gasteiger partial charge in [0.05, 0.1) is 6.04 Å². The van der Waals surface area contributed by atoms with E-state index in [4.69, 9.17) is 0 Å². The Morgan fingerprint density at radius 1 is 1.17 bits per heavy atom. The zero-order valence-electron chi connectivity index (χ0n) is 12.1. The third kappa shape index (κ3) is 2.48. The summed E-state index contributed by atoms with van der Waals surface area (Å²) in [4.78, 5) is 16.8. The van der Waals surface area contributed by atoms with Gasteiger partial charge in [-0.3, -0.25) is 0 Å². The van der Waals surface area contributed by atoms with Crippen LogP contribution in [0.1, 0.15) is 40.5 Å². The molecule has 2 rings (SSSR count). The maximum absolute atomic E-state index is 12.6. The minimum atomic E-state index is 0.260. The number of nitrogens with one attached hydrogen (secondary N) is 1. The number of nitrogens with zero attached hydrogens (tertiary/aromatic N) is 2. The van der Waals surface area contributed by atoms with Crippen molar-refractivity contribution in [3.05, 3.63) is 0 Å². The van der Waals surface area contributed by atoms with Crippen molar-refractivity contribution in [2.45, 2.75) is 58.7 Å². The van der Waals surface area contributed by atoms with Crippen LogP contribution < -0.4 is 5.32 Å².